The molecule has 1 aromatic heterocycles. The number of aliphatic carboxylic acids is 1. The molecule has 1 aliphatic rings. The number of sulfonamides is 1. The number of aromatic nitrogens is 1. The predicted octanol–water partition coefficient (Wildman–Crippen LogP) is 3.10. The molecule has 0 bridgehead atoms. The van der Waals surface area contributed by atoms with E-state index in [0.29, 0.717) is 25.0 Å². The second-order valence-electron chi connectivity index (χ2n) is 8.13. The second kappa shape index (κ2) is 10.3. The normalized spacial score (nSPS) is 15.5. The SMILES string of the molecule is O=C(O)COc1cccc2c1CCCC2NS(=O)(=O)c1ccc(-c2cccc(CCO)c2)cn1. The summed E-state index contributed by atoms with van der Waals surface area (Å²) >= 11 is 0. The molecule has 0 radical (unpaired) electrons. The van der Waals surface area contributed by atoms with Gasteiger partial charge >= 0.3 is 5.97 Å². The third kappa shape index (κ3) is 5.44. The summed E-state index contributed by atoms with van der Waals surface area (Å²) in [5.74, 6) is -0.602. The summed E-state index contributed by atoms with van der Waals surface area (Å²) in [6.07, 6.45) is 4.11. The van der Waals surface area contributed by atoms with Crippen LogP contribution in [-0.4, -0.2) is 42.8 Å². The Balaban J connectivity index is 1.54. The lowest BCUT2D eigenvalue weighted by Gasteiger charge is -2.27. The fourth-order valence-electron chi connectivity index (χ4n) is 4.21. The first-order chi connectivity index (χ1) is 16.4. The molecule has 0 fully saturated rings. The number of fused-ring (bicyclic) bond motifs is 1. The molecule has 8 nitrogen and oxygen atoms in total. The van der Waals surface area contributed by atoms with Crippen LogP contribution in [0.1, 0.15) is 35.6 Å². The van der Waals surface area contributed by atoms with E-state index in [1.54, 1.807) is 18.2 Å². The molecule has 0 aliphatic heterocycles. The van der Waals surface area contributed by atoms with Crippen LogP contribution in [-0.2, 0) is 27.7 Å². The number of hydrogen-bond donors (Lipinski definition) is 3. The third-order valence-electron chi connectivity index (χ3n) is 5.79. The number of carboxylic acids is 1. The predicted molar refractivity (Wildman–Crippen MR) is 126 cm³/mol. The number of nitrogens with zero attached hydrogens (tertiary/aromatic N) is 1. The van der Waals surface area contributed by atoms with Crippen LogP contribution in [0.15, 0.2) is 65.8 Å². The van der Waals surface area contributed by atoms with Crippen LogP contribution >= 0.6 is 0 Å². The van der Waals surface area contributed by atoms with Gasteiger partial charge in [0.05, 0.1) is 0 Å². The van der Waals surface area contributed by atoms with Crippen LogP contribution in [0.5, 0.6) is 5.75 Å². The summed E-state index contributed by atoms with van der Waals surface area (Å²) in [7, 11) is -3.89. The molecule has 9 heteroatoms. The van der Waals surface area contributed by atoms with Crippen molar-refractivity contribution in [2.24, 2.45) is 0 Å². The smallest absolute Gasteiger partial charge is 0.341 e. The first kappa shape index (κ1) is 23.9. The van der Waals surface area contributed by atoms with Crippen molar-refractivity contribution in [1.82, 2.24) is 9.71 Å². The molecule has 1 heterocycles. The third-order valence-corrected chi connectivity index (χ3v) is 7.17. The van der Waals surface area contributed by atoms with E-state index in [4.69, 9.17) is 14.9 Å². The second-order valence-corrected chi connectivity index (χ2v) is 9.79. The number of aliphatic hydroxyl groups excluding tert-OH is 1. The zero-order valence-electron chi connectivity index (χ0n) is 18.5. The van der Waals surface area contributed by atoms with Crippen LogP contribution in [0, 0.1) is 0 Å². The zero-order valence-corrected chi connectivity index (χ0v) is 19.3. The van der Waals surface area contributed by atoms with Gasteiger partial charge in [-0.05, 0) is 66.1 Å². The molecule has 3 aromatic rings. The Bertz CT molecular complexity index is 1270. The van der Waals surface area contributed by atoms with Gasteiger partial charge in [-0.1, -0.05) is 36.4 Å². The number of ether oxygens (including phenoxy) is 1. The van der Waals surface area contributed by atoms with Crippen molar-refractivity contribution < 1.29 is 28.2 Å². The van der Waals surface area contributed by atoms with Gasteiger partial charge in [0, 0.05) is 24.4 Å². The molecular formula is C25H26N2O6S. The lowest BCUT2D eigenvalue weighted by Crippen LogP contribution is -2.31. The topological polar surface area (TPSA) is 126 Å². The number of hydrogen-bond acceptors (Lipinski definition) is 6. The van der Waals surface area contributed by atoms with Crippen LogP contribution in [0.4, 0.5) is 0 Å². The van der Waals surface area contributed by atoms with E-state index < -0.39 is 28.6 Å². The van der Waals surface area contributed by atoms with Gasteiger partial charge in [-0.2, -0.15) is 0 Å². The monoisotopic (exact) mass is 482 g/mol. The van der Waals surface area contributed by atoms with Gasteiger partial charge in [0.15, 0.2) is 11.6 Å². The number of nitrogens with one attached hydrogen (secondary N) is 1. The van der Waals surface area contributed by atoms with Crippen LogP contribution in [0.25, 0.3) is 11.1 Å². The molecule has 0 amide bonds. The van der Waals surface area contributed by atoms with Gasteiger partial charge in [0.25, 0.3) is 10.0 Å². The molecule has 4 rings (SSSR count). The largest absolute Gasteiger partial charge is 0.482 e. The van der Waals surface area contributed by atoms with Crippen molar-refractivity contribution in [3.05, 3.63) is 77.5 Å². The number of aliphatic hydroxyl groups is 1. The highest BCUT2D eigenvalue weighted by molar-refractivity contribution is 7.89. The van der Waals surface area contributed by atoms with Gasteiger partial charge < -0.3 is 14.9 Å². The fraction of sp³-hybridized carbons (Fsp3) is 0.280. The first-order valence-electron chi connectivity index (χ1n) is 11.0. The molecule has 0 spiro atoms. The molecular weight excluding hydrogens is 456 g/mol. The summed E-state index contributed by atoms with van der Waals surface area (Å²) in [6.45, 7) is -0.395. The summed E-state index contributed by atoms with van der Waals surface area (Å²) < 4.78 is 34.3. The van der Waals surface area contributed by atoms with Crippen molar-refractivity contribution in [2.45, 2.75) is 36.8 Å². The van der Waals surface area contributed by atoms with Crippen LogP contribution in [0.2, 0.25) is 0 Å². The van der Waals surface area contributed by atoms with E-state index in [1.165, 1.54) is 12.3 Å². The molecule has 1 atom stereocenters. The first-order valence-corrected chi connectivity index (χ1v) is 12.5. The minimum atomic E-state index is -3.89. The van der Waals surface area contributed by atoms with Crippen molar-refractivity contribution >= 4 is 16.0 Å². The standard InChI is InChI=1S/C25H26N2O6S/c28-13-12-17-4-1-5-18(14-17)19-10-11-24(26-15-19)34(31,32)27-22-8-2-7-21-20(22)6-3-9-23(21)33-16-25(29)30/h1,3-6,9-11,14-15,22,27-28H,2,7-8,12-13,16H2,(H,29,30). The van der Waals surface area contributed by atoms with Gasteiger partial charge in [0.1, 0.15) is 5.75 Å². The van der Waals surface area contributed by atoms with E-state index in [0.717, 1.165) is 34.2 Å². The number of carbonyl (C=O) groups is 1. The van der Waals surface area contributed by atoms with Crippen molar-refractivity contribution in [2.75, 3.05) is 13.2 Å². The Morgan fingerprint density at radius 1 is 1.12 bits per heavy atom. The molecule has 1 aliphatic carbocycles. The molecule has 1 unspecified atom stereocenters. The molecule has 0 saturated heterocycles. The number of rotatable bonds is 9. The maximum Gasteiger partial charge on any atom is 0.341 e. The van der Waals surface area contributed by atoms with Gasteiger partial charge in [-0.15, -0.1) is 0 Å². The van der Waals surface area contributed by atoms with E-state index in [1.807, 2.05) is 30.3 Å². The Morgan fingerprint density at radius 3 is 2.68 bits per heavy atom. The average Bonchev–Trinajstić information content (AvgIpc) is 2.83. The Labute approximate surface area is 198 Å². The van der Waals surface area contributed by atoms with Crippen LogP contribution in [0.3, 0.4) is 0 Å². The molecule has 0 saturated carbocycles. The van der Waals surface area contributed by atoms with Crippen molar-refractivity contribution in [1.29, 1.82) is 0 Å². The zero-order chi connectivity index (χ0) is 24.1. The lowest BCUT2D eigenvalue weighted by molar-refractivity contribution is -0.139. The number of pyridine rings is 1. The fourth-order valence-corrected chi connectivity index (χ4v) is 5.38. The van der Waals surface area contributed by atoms with E-state index in [-0.39, 0.29) is 11.6 Å². The number of carboxylic acid groups (broad SMARTS) is 1. The molecule has 178 valence electrons. The summed E-state index contributed by atoms with van der Waals surface area (Å²) in [5.41, 5.74) is 4.28. The lowest BCUT2D eigenvalue weighted by atomic mass is 9.87. The molecule has 3 N–H and O–H groups in total. The summed E-state index contributed by atoms with van der Waals surface area (Å²) in [5, 5.41) is 18.0. The summed E-state index contributed by atoms with van der Waals surface area (Å²) in [4.78, 5) is 15.1. The quantitative estimate of drug-likeness (QED) is 0.428. The maximum atomic E-state index is 13.1. The Hall–Kier alpha value is -3.27. The number of benzene rings is 2. The maximum absolute atomic E-state index is 13.1. The Kier molecular flexibility index (Phi) is 7.26. The van der Waals surface area contributed by atoms with E-state index in [2.05, 4.69) is 9.71 Å². The highest BCUT2D eigenvalue weighted by Crippen LogP contribution is 2.36. The molecule has 2 aromatic carbocycles. The Morgan fingerprint density at radius 2 is 1.94 bits per heavy atom. The minimum Gasteiger partial charge on any atom is -0.482 e. The van der Waals surface area contributed by atoms with Gasteiger partial charge in [0.2, 0.25) is 0 Å². The van der Waals surface area contributed by atoms with Crippen molar-refractivity contribution in [3.63, 3.8) is 0 Å². The van der Waals surface area contributed by atoms with Gasteiger partial charge in [-0.25, -0.2) is 22.9 Å². The minimum absolute atomic E-state index is 0.0576. The highest BCUT2D eigenvalue weighted by atomic mass is 32.2. The van der Waals surface area contributed by atoms with Crippen molar-refractivity contribution in [3.8, 4) is 16.9 Å². The van der Waals surface area contributed by atoms with E-state index >= 15 is 0 Å². The summed E-state index contributed by atoms with van der Waals surface area (Å²) in [6, 6.07) is 15.7. The highest BCUT2D eigenvalue weighted by Gasteiger charge is 2.28. The molecule has 34 heavy (non-hydrogen) atoms. The van der Waals surface area contributed by atoms with E-state index in [9.17, 15) is 13.2 Å². The van der Waals surface area contributed by atoms with Gasteiger partial charge in [-0.3, -0.25) is 0 Å². The van der Waals surface area contributed by atoms with Crippen LogP contribution < -0.4 is 9.46 Å². The average molecular weight is 483 g/mol.